The van der Waals surface area contributed by atoms with Gasteiger partial charge in [-0.3, -0.25) is 9.80 Å². The summed E-state index contributed by atoms with van der Waals surface area (Å²) in [4.78, 5) is 14.6. The van der Waals surface area contributed by atoms with Crippen molar-refractivity contribution in [1.82, 2.24) is 14.9 Å². The van der Waals surface area contributed by atoms with Crippen LogP contribution in [-0.4, -0.2) is 46.3 Å². The van der Waals surface area contributed by atoms with Crippen LogP contribution < -0.4 is 9.63 Å². The highest BCUT2D eigenvalue weighted by atomic mass is 32.1. The van der Waals surface area contributed by atoms with Gasteiger partial charge in [0.15, 0.2) is 0 Å². The molecular weight excluding hydrogens is 310 g/mol. The molecule has 4 rings (SSSR count). The highest BCUT2D eigenvalue weighted by Gasteiger charge is 2.25. The van der Waals surface area contributed by atoms with Crippen LogP contribution in [0.2, 0.25) is 0 Å². The lowest BCUT2D eigenvalue weighted by molar-refractivity contribution is -0.894. The van der Waals surface area contributed by atoms with Crippen LogP contribution in [-0.2, 0) is 6.54 Å². The Hall–Kier alpha value is -2.25. The zero-order chi connectivity index (χ0) is 15.6. The Morgan fingerprint density at radius 2 is 2.00 bits per heavy atom. The summed E-state index contributed by atoms with van der Waals surface area (Å²) in [6.07, 6.45) is 3.48. The van der Waals surface area contributed by atoms with Crippen LogP contribution in [0.5, 0.6) is 0 Å². The number of hydrogen-bond acceptors (Lipinski definition) is 6. The molecule has 0 amide bonds. The predicted molar refractivity (Wildman–Crippen MR) is 88.7 cm³/mol. The van der Waals surface area contributed by atoms with Crippen molar-refractivity contribution < 1.29 is 9.94 Å². The Morgan fingerprint density at radius 3 is 2.78 bits per heavy atom. The van der Waals surface area contributed by atoms with E-state index in [1.807, 2.05) is 36.5 Å². The van der Waals surface area contributed by atoms with Gasteiger partial charge >= 0.3 is 5.82 Å². The Labute approximate surface area is 138 Å². The highest BCUT2D eigenvalue weighted by Crippen LogP contribution is 2.21. The summed E-state index contributed by atoms with van der Waals surface area (Å²) in [6.45, 7) is 4.57. The molecule has 0 saturated carbocycles. The normalized spacial score (nSPS) is 16.1. The maximum Gasteiger partial charge on any atom is 0.316 e. The van der Waals surface area contributed by atoms with E-state index in [-0.39, 0.29) is 0 Å². The maximum absolute atomic E-state index is 9.89. The van der Waals surface area contributed by atoms with E-state index >= 15 is 0 Å². The lowest BCUT2D eigenvalue weighted by Crippen LogP contribution is -2.50. The van der Waals surface area contributed by atoms with Crippen molar-refractivity contribution in [3.8, 4) is 0 Å². The smallest absolute Gasteiger partial charge is 0.316 e. The SMILES string of the molecule is O[n+]1ccccc1N1CCN(Cc2nc3cccnc3s2)CC1. The minimum Gasteiger partial charge on any atom is -0.350 e. The fraction of sp³-hybridized carbons (Fsp3) is 0.312. The van der Waals surface area contributed by atoms with E-state index in [9.17, 15) is 5.21 Å². The van der Waals surface area contributed by atoms with Crippen molar-refractivity contribution in [2.24, 2.45) is 0 Å². The summed E-state index contributed by atoms with van der Waals surface area (Å²) < 4.78 is 1.19. The van der Waals surface area contributed by atoms with Crippen LogP contribution in [0.4, 0.5) is 5.82 Å². The number of nitrogens with zero attached hydrogens (tertiary/aromatic N) is 5. The van der Waals surface area contributed by atoms with Crippen molar-refractivity contribution in [3.63, 3.8) is 0 Å². The van der Waals surface area contributed by atoms with Gasteiger partial charge in [0.05, 0.1) is 19.6 Å². The van der Waals surface area contributed by atoms with Crippen LogP contribution >= 0.6 is 11.3 Å². The Morgan fingerprint density at radius 1 is 1.13 bits per heavy atom. The van der Waals surface area contributed by atoms with Gasteiger partial charge in [-0.2, -0.15) is 0 Å². The molecule has 1 aliphatic heterocycles. The third-order valence-electron chi connectivity index (χ3n) is 4.08. The summed E-state index contributed by atoms with van der Waals surface area (Å²) in [5.41, 5.74) is 0.983. The predicted octanol–water partition coefficient (Wildman–Crippen LogP) is 1.54. The fourth-order valence-electron chi connectivity index (χ4n) is 2.88. The van der Waals surface area contributed by atoms with Gasteiger partial charge in [0.1, 0.15) is 21.6 Å². The van der Waals surface area contributed by atoms with Crippen molar-refractivity contribution >= 4 is 27.5 Å². The molecule has 1 aliphatic rings. The first-order chi connectivity index (χ1) is 11.3. The van der Waals surface area contributed by atoms with Crippen LogP contribution in [0.25, 0.3) is 10.3 Å². The molecular formula is C16H18N5OS+. The largest absolute Gasteiger partial charge is 0.350 e. The van der Waals surface area contributed by atoms with Crippen LogP contribution in [0.1, 0.15) is 5.01 Å². The van der Waals surface area contributed by atoms with Crippen molar-refractivity contribution in [2.45, 2.75) is 6.54 Å². The number of hydrogen-bond donors (Lipinski definition) is 1. The van der Waals surface area contributed by atoms with Gasteiger partial charge in [-0.25, -0.2) is 9.97 Å². The van der Waals surface area contributed by atoms with Gasteiger partial charge in [-0.05, 0) is 18.2 Å². The second-order valence-electron chi connectivity index (χ2n) is 5.60. The van der Waals surface area contributed by atoms with E-state index in [1.165, 1.54) is 4.73 Å². The standard InChI is InChI=1S/C16H18N5OS/c22-21-7-2-1-5-15(21)20-10-8-19(9-11-20)12-14-18-13-4-3-6-17-16(13)23-14/h1-7,22H,8-12H2/q+1. The zero-order valence-corrected chi connectivity index (χ0v) is 13.5. The van der Waals surface area contributed by atoms with Gasteiger partial charge in [-0.15, -0.1) is 0 Å². The van der Waals surface area contributed by atoms with E-state index in [0.717, 1.165) is 53.9 Å². The molecule has 4 heterocycles. The number of pyridine rings is 2. The average Bonchev–Trinajstić information content (AvgIpc) is 2.98. The van der Waals surface area contributed by atoms with Crippen molar-refractivity contribution in [2.75, 3.05) is 31.1 Å². The molecule has 0 unspecified atom stereocenters. The second-order valence-corrected chi connectivity index (χ2v) is 6.66. The van der Waals surface area contributed by atoms with Gasteiger partial charge in [-0.1, -0.05) is 22.1 Å². The van der Waals surface area contributed by atoms with Gasteiger partial charge < -0.3 is 5.21 Å². The Kier molecular flexibility index (Phi) is 3.80. The number of rotatable bonds is 3. The number of thiazole rings is 1. The molecule has 6 nitrogen and oxygen atoms in total. The first-order valence-corrected chi connectivity index (χ1v) is 8.49. The lowest BCUT2D eigenvalue weighted by Gasteiger charge is -2.30. The molecule has 1 saturated heterocycles. The molecule has 118 valence electrons. The molecule has 1 fully saturated rings. The topological polar surface area (TPSA) is 56.4 Å². The van der Waals surface area contributed by atoms with Crippen molar-refractivity contribution in [3.05, 3.63) is 47.7 Å². The first kappa shape index (κ1) is 14.3. The molecule has 7 heteroatoms. The summed E-state index contributed by atoms with van der Waals surface area (Å²) in [5.74, 6) is 0.844. The maximum atomic E-state index is 9.89. The lowest BCUT2D eigenvalue weighted by atomic mass is 10.3. The summed E-state index contributed by atoms with van der Waals surface area (Å²) in [6, 6.07) is 9.64. The average molecular weight is 328 g/mol. The monoisotopic (exact) mass is 328 g/mol. The third-order valence-corrected chi connectivity index (χ3v) is 5.05. The number of fused-ring (bicyclic) bond motifs is 1. The van der Waals surface area contributed by atoms with Crippen LogP contribution in [0.3, 0.4) is 0 Å². The van der Waals surface area contributed by atoms with E-state index in [1.54, 1.807) is 17.5 Å². The molecule has 3 aromatic rings. The molecule has 0 radical (unpaired) electrons. The molecule has 0 atom stereocenters. The van der Waals surface area contributed by atoms with Crippen LogP contribution in [0, 0.1) is 0 Å². The Bertz CT molecular complexity index is 780. The number of aromatic nitrogens is 3. The van der Waals surface area contributed by atoms with Crippen LogP contribution in [0.15, 0.2) is 42.7 Å². The molecule has 23 heavy (non-hydrogen) atoms. The molecule has 0 bridgehead atoms. The quantitative estimate of drug-likeness (QED) is 0.584. The minimum absolute atomic E-state index is 0.844. The summed E-state index contributed by atoms with van der Waals surface area (Å²) >= 11 is 1.67. The molecule has 0 aliphatic carbocycles. The second kappa shape index (κ2) is 6.10. The number of anilines is 1. The van der Waals surface area contributed by atoms with E-state index in [0.29, 0.717) is 0 Å². The fourth-order valence-corrected chi connectivity index (χ4v) is 3.83. The minimum atomic E-state index is 0.844. The molecule has 0 aromatic carbocycles. The summed E-state index contributed by atoms with van der Waals surface area (Å²) in [5, 5.41) is 11.0. The zero-order valence-electron chi connectivity index (χ0n) is 12.7. The van der Waals surface area contributed by atoms with E-state index < -0.39 is 0 Å². The van der Waals surface area contributed by atoms with E-state index in [2.05, 4.69) is 19.8 Å². The highest BCUT2D eigenvalue weighted by molar-refractivity contribution is 7.18. The summed E-state index contributed by atoms with van der Waals surface area (Å²) in [7, 11) is 0. The number of piperazine rings is 1. The van der Waals surface area contributed by atoms with Gasteiger partial charge in [0.25, 0.3) is 0 Å². The van der Waals surface area contributed by atoms with Gasteiger partial charge in [0, 0.05) is 25.4 Å². The first-order valence-electron chi connectivity index (χ1n) is 7.67. The van der Waals surface area contributed by atoms with Gasteiger partial charge in [0.2, 0.25) is 0 Å². The molecule has 1 N–H and O–H groups in total. The van der Waals surface area contributed by atoms with E-state index in [4.69, 9.17) is 0 Å². The van der Waals surface area contributed by atoms with Crippen molar-refractivity contribution in [1.29, 1.82) is 0 Å². The Balaban J connectivity index is 1.41. The third kappa shape index (κ3) is 2.97. The molecule has 0 spiro atoms. The molecule has 3 aromatic heterocycles.